The molecule has 0 aliphatic heterocycles. The van der Waals surface area contributed by atoms with Crippen molar-refractivity contribution < 1.29 is 0 Å². The van der Waals surface area contributed by atoms with Crippen LogP contribution in [0.2, 0.25) is 0 Å². The number of benzene rings is 9. The van der Waals surface area contributed by atoms with E-state index in [1.165, 1.54) is 0 Å². The minimum absolute atomic E-state index is 0.675. The molecule has 0 saturated heterocycles. The number of fused-ring (bicyclic) bond motifs is 3. The fraction of sp³-hybridized carbons (Fsp3) is 0. The summed E-state index contributed by atoms with van der Waals surface area (Å²) >= 11 is 0. The van der Waals surface area contributed by atoms with Crippen molar-refractivity contribution in [3.8, 4) is 101 Å². The van der Waals surface area contributed by atoms with Crippen LogP contribution in [-0.2, 0) is 0 Å². The molecule has 12 rings (SSSR count). The van der Waals surface area contributed by atoms with Crippen LogP contribution in [0.1, 0.15) is 0 Å². The van der Waals surface area contributed by atoms with Crippen LogP contribution in [0.25, 0.3) is 117 Å². The largest absolute Gasteiger partial charge is 0.231 e. The van der Waals surface area contributed by atoms with Crippen molar-refractivity contribution in [2.24, 2.45) is 0 Å². The average molecular weight is 855 g/mol. The smallest absolute Gasteiger partial charge is 0.160 e. The molecule has 12 aromatic rings. The van der Waals surface area contributed by atoms with Gasteiger partial charge in [0.15, 0.2) is 5.82 Å². The zero-order valence-electron chi connectivity index (χ0n) is 36.5. The molecule has 0 N–H and O–H groups in total. The first kappa shape index (κ1) is 39.6. The second kappa shape index (κ2) is 17.2. The maximum atomic E-state index is 5.41. The van der Waals surface area contributed by atoms with E-state index in [0.717, 1.165) is 111 Å². The van der Waals surface area contributed by atoms with Crippen LogP contribution in [0.5, 0.6) is 0 Å². The van der Waals surface area contributed by atoms with Gasteiger partial charge in [-0.05, 0) is 80.7 Å². The lowest BCUT2D eigenvalue weighted by molar-refractivity contribution is 0.979. The summed E-state index contributed by atoms with van der Waals surface area (Å²) in [7, 11) is 0. The van der Waals surface area contributed by atoms with Gasteiger partial charge in [0, 0.05) is 38.8 Å². The molecule has 9 aromatic carbocycles. The van der Waals surface area contributed by atoms with Crippen LogP contribution in [0, 0.1) is 0 Å². The number of pyridine rings is 1. The Morgan fingerprint density at radius 3 is 1.25 bits per heavy atom. The van der Waals surface area contributed by atoms with Crippen molar-refractivity contribution in [2.75, 3.05) is 0 Å². The Hall–Kier alpha value is -8.99. The quantitative estimate of drug-likeness (QED) is 0.145. The first-order chi connectivity index (χ1) is 33.2. The minimum Gasteiger partial charge on any atom is -0.231 e. The van der Waals surface area contributed by atoms with Crippen LogP contribution >= 0.6 is 0 Å². The Morgan fingerprint density at radius 1 is 0.284 bits per heavy atom. The standard InChI is InChI=1S/C63H42N4/c1-6-19-43(20-7-1)48-29-16-32-52(37-48)57-42-58(65-63(64-57)54-34-18-30-49(39-54)44-21-8-2-9-22-44)53-33-17-31-50(38-53)51-35-36-56-55(40-51)41-59(45-23-10-3-11-24-45)67-62(56)60(46-25-12-4-13-26-46)61(66-67)47-27-14-5-15-28-47/h1-42H. The molecular weight excluding hydrogens is 813 g/mol. The molecule has 314 valence electrons. The van der Waals surface area contributed by atoms with E-state index in [1.807, 2.05) is 6.07 Å². The van der Waals surface area contributed by atoms with Gasteiger partial charge in [-0.3, -0.25) is 0 Å². The van der Waals surface area contributed by atoms with E-state index < -0.39 is 0 Å². The monoisotopic (exact) mass is 854 g/mol. The number of hydrogen-bond donors (Lipinski definition) is 0. The number of rotatable bonds is 9. The van der Waals surface area contributed by atoms with E-state index in [2.05, 4.69) is 253 Å². The fourth-order valence-electron chi connectivity index (χ4n) is 9.31. The highest BCUT2D eigenvalue weighted by molar-refractivity contribution is 6.09. The molecule has 67 heavy (non-hydrogen) atoms. The Kier molecular flexibility index (Phi) is 10.2. The van der Waals surface area contributed by atoms with E-state index in [9.17, 15) is 0 Å². The third-order valence-electron chi connectivity index (χ3n) is 12.6. The van der Waals surface area contributed by atoms with E-state index in [1.54, 1.807) is 0 Å². The zero-order valence-corrected chi connectivity index (χ0v) is 36.5. The normalized spacial score (nSPS) is 11.3. The Balaban J connectivity index is 1.02. The number of nitrogens with zero attached hydrogens (tertiary/aromatic N) is 4. The highest BCUT2D eigenvalue weighted by Crippen LogP contribution is 2.42. The maximum Gasteiger partial charge on any atom is 0.160 e. The summed E-state index contributed by atoms with van der Waals surface area (Å²) in [5, 5.41) is 7.68. The summed E-state index contributed by atoms with van der Waals surface area (Å²) in [5.41, 5.74) is 19.0. The summed E-state index contributed by atoms with van der Waals surface area (Å²) in [6.45, 7) is 0. The predicted octanol–water partition coefficient (Wildman–Crippen LogP) is 16.3. The molecule has 3 aromatic heterocycles. The predicted molar refractivity (Wildman–Crippen MR) is 277 cm³/mol. The van der Waals surface area contributed by atoms with Gasteiger partial charge in [-0.25, -0.2) is 14.5 Å². The van der Waals surface area contributed by atoms with Gasteiger partial charge >= 0.3 is 0 Å². The lowest BCUT2D eigenvalue weighted by atomic mass is 9.94. The Labute approximate surface area is 389 Å². The van der Waals surface area contributed by atoms with E-state index in [0.29, 0.717) is 5.82 Å². The average Bonchev–Trinajstić information content (AvgIpc) is 3.83. The molecule has 3 heterocycles. The molecule has 0 saturated carbocycles. The molecule has 0 bridgehead atoms. The highest BCUT2D eigenvalue weighted by atomic mass is 15.2. The third kappa shape index (κ3) is 7.67. The van der Waals surface area contributed by atoms with Crippen molar-refractivity contribution >= 4 is 16.3 Å². The molecule has 0 radical (unpaired) electrons. The van der Waals surface area contributed by atoms with Crippen molar-refractivity contribution in [1.29, 1.82) is 0 Å². The second-order valence-electron chi connectivity index (χ2n) is 16.9. The minimum atomic E-state index is 0.675. The number of hydrogen-bond acceptors (Lipinski definition) is 3. The summed E-state index contributed by atoms with van der Waals surface area (Å²) < 4.78 is 2.15. The van der Waals surface area contributed by atoms with Crippen LogP contribution in [-0.4, -0.2) is 19.6 Å². The van der Waals surface area contributed by atoms with Gasteiger partial charge in [-0.15, -0.1) is 0 Å². The van der Waals surface area contributed by atoms with Gasteiger partial charge in [-0.2, -0.15) is 5.10 Å². The molecule has 0 unspecified atom stereocenters. The van der Waals surface area contributed by atoms with E-state index in [-0.39, 0.29) is 0 Å². The Morgan fingerprint density at radius 2 is 0.701 bits per heavy atom. The van der Waals surface area contributed by atoms with Crippen LogP contribution < -0.4 is 0 Å². The molecule has 0 aliphatic carbocycles. The van der Waals surface area contributed by atoms with Gasteiger partial charge < -0.3 is 0 Å². The van der Waals surface area contributed by atoms with Crippen LogP contribution in [0.3, 0.4) is 0 Å². The van der Waals surface area contributed by atoms with Crippen molar-refractivity contribution in [2.45, 2.75) is 0 Å². The van der Waals surface area contributed by atoms with Crippen molar-refractivity contribution in [1.82, 2.24) is 19.6 Å². The number of aromatic nitrogens is 4. The fourth-order valence-corrected chi connectivity index (χ4v) is 9.31. The van der Waals surface area contributed by atoms with E-state index >= 15 is 0 Å². The Bertz CT molecular complexity index is 3610. The molecule has 0 atom stereocenters. The summed E-state index contributed by atoms with van der Waals surface area (Å²) in [6.07, 6.45) is 0. The van der Waals surface area contributed by atoms with Gasteiger partial charge in [-0.1, -0.05) is 218 Å². The topological polar surface area (TPSA) is 43.1 Å². The summed E-state index contributed by atoms with van der Waals surface area (Å²) in [6, 6.07) is 89.9. The van der Waals surface area contributed by atoms with Crippen LogP contribution in [0.15, 0.2) is 255 Å². The van der Waals surface area contributed by atoms with Gasteiger partial charge in [0.25, 0.3) is 0 Å². The first-order valence-corrected chi connectivity index (χ1v) is 22.7. The SMILES string of the molecule is c1ccc(-c2cccc(-c3cc(-c4cccc(-c5ccc6c(c5)cc(-c5ccccc5)n5nc(-c7ccccc7)c(-c7ccccc7)c65)c4)nc(-c4cccc(-c5ccccc5)c4)n3)c2)cc1. The molecular formula is C63H42N4. The van der Waals surface area contributed by atoms with Gasteiger partial charge in [0.1, 0.15) is 5.69 Å². The lowest BCUT2D eigenvalue weighted by Crippen LogP contribution is -1.97. The second-order valence-corrected chi connectivity index (χ2v) is 16.9. The molecule has 0 aliphatic rings. The molecule has 0 amide bonds. The van der Waals surface area contributed by atoms with Gasteiger partial charge in [0.05, 0.1) is 22.6 Å². The molecule has 4 nitrogen and oxygen atoms in total. The zero-order chi connectivity index (χ0) is 44.5. The molecule has 4 heteroatoms. The highest BCUT2D eigenvalue weighted by Gasteiger charge is 2.22. The summed E-state index contributed by atoms with van der Waals surface area (Å²) in [5.74, 6) is 0.675. The molecule has 0 spiro atoms. The van der Waals surface area contributed by atoms with E-state index in [4.69, 9.17) is 15.1 Å². The first-order valence-electron chi connectivity index (χ1n) is 22.7. The van der Waals surface area contributed by atoms with Crippen molar-refractivity contribution in [3.05, 3.63) is 255 Å². The molecule has 0 fully saturated rings. The van der Waals surface area contributed by atoms with Crippen molar-refractivity contribution in [3.63, 3.8) is 0 Å². The van der Waals surface area contributed by atoms with Crippen LogP contribution in [0.4, 0.5) is 0 Å². The van der Waals surface area contributed by atoms with Gasteiger partial charge in [0.2, 0.25) is 0 Å². The third-order valence-corrected chi connectivity index (χ3v) is 12.6. The lowest BCUT2D eigenvalue weighted by Gasteiger charge is -2.13. The summed E-state index contributed by atoms with van der Waals surface area (Å²) in [4.78, 5) is 10.6. The maximum absolute atomic E-state index is 5.41.